The normalized spacial score (nSPS) is 13.9. The maximum Gasteiger partial charge on any atom is 0.475 e. The van der Waals surface area contributed by atoms with Gasteiger partial charge in [0.05, 0.1) is 12.0 Å². The molecule has 0 heterocycles. The van der Waals surface area contributed by atoms with Gasteiger partial charge >= 0.3 is 7.12 Å². The molecular weight excluding hydrogens is 255 g/mol. The molecule has 0 unspecified atom stereocenters. The van der Waals surface area contributed by atoms with Gasteiger partial charge in [-0.3, -0.25) is 4.79 Å². The monoisotopic (exact) mass is 278 g/mol. The molecule has 5 N–H and O–H groups in total. The second kappa shape index (κ2) is 8.04. The minimum Gasteiger partial charge on any atom is -0.426 e. The fourth-order valence-electron chi connectivity index (χ4n) is 2.01. The van der Waals surface area contributed by atoms with Crippen molar-refractivity contribution in [1.29, 1.82) is 0 Å². The van der Waals surface area contributed by atoms with Crippen LogP contribution in [0.4, 0.5) is 0 Å². The largest absolute Gasteiger partial charge is 0.475 e. The van der Waals surface area contributed by atoms with E-state index < -0.39 is 19.1 Å². The number of nitrogens with two attached hydrogens (primary N) is 1. The number of rotatable bonds is 7. The van der Waals surface area contributed by atoms with Crippen molar-refractivity contribution in [3.63, 3.8) is 0 Å². The summed E-state index contributed by atoms with van der Waals surface area (Å²) in [4.78, 5) is 12.0. The Hall–Kier alpha value is -1.37. The smallest absolute Gasteiger partial charge is 0.426 e. The Kier molecular flexibility index (Phi) is 6.71. The van der Waals surface area contributed by atoms with Crippen LogP contribution >= 0.6 is 0 Å². The van der Waals surface area contributed by atoms with Crippen molar-refractivity contribution in [2.24, 2.45) is 11.7 Å². The zero-order valence-corrected chi connectivity index (χ0v) is 12.0. The lowest BCUT2D eigenvalue weighted by Crippen LogP contribution is -2.52. The van der Waals surface area contributed by atoms with Crippen LogP contribution in [-0.4, -0.2) is 35.1 Å². The third-order valence-corrected chi connectivity index (χ3v) is 3.05. The average Bonchev–Trinajstić information content (AvgIpc) is 2.38. The summed E-state index contributed by atoms with van der Waals surface area (Å²) >= 11 is 0. The van der Waals surface area contributed by atoms with Crippen LogP contribution in [-0.2, 0) is 11.2 Å². The van der Waals surface area contributed by atoms with E-state index >= 15 is 0 Å². The van der Waals surface area contributed by atoms with Crippen molar-refractivity contribution in [2.75, 3.05) is 0 Å². The number of amides is 1. The molecule has 0 aliphatic rings. The SMILES string of the molecule is CC(C)C[C@H](NC(=O)[C@@H](N)Cc1ccccc1)B(O)O. The highest BCUT2D eigenvalue weighted by atomic mass is 16.4. The van der Waals surface area contributed by atoms with Gasteiger partial charge in [-0.25, -0.2) is 0 Å². The van der Waals surface area contributed by atoms with E-state index in [0.717, 1.165) is 5.56 Å². The Bertz CT molecular complexity index is 412. The fourth-order valence-corrected chi connectivity index (χ4v) is 2.01. The summed E-state index contributed by atoms with van der Waals surface area (Å²) in [6.45, 7) is 3.90. The zero-order chi connectivity index (χ0) is 15.1. The second-order valence-electron chi connectivity index (χ2n) is 5.45. The van der Waals surface area contributed by atoms with Crippen molar-refractivity contribution < 1.29 is 14.8 Å². The Labute approximate surface area is 120 Å². The predicted octanol–water partition coefficient (Wildman–Crippen LogP) is 0.0993. The Morgan fingerprint density at radius 2 is 1.90 bits per heavy atom. The van der Waals surface area contributed by atoms with Crippen LogP contribution in [0.3, 0.4) is 0 Å². The van der Waals surface area contributed by atoms with E-state index in [9.17, 15) is 14.8 Å². The molecule has 0 spiro atoms. The lowest BCUT2D eigenvalue weighted by molar-refractivity contribution is -0.122. The van der Waals surface area contributed by atoms with Crippen molar-refractivity contribution in [1.82, 2.24) is 5.32 Å². The highest BCUT2D eigenvalue weighted by Gasteiger charge is 2.27. The molecule has 0 saturated heterocycles. The highest BCUT2D eigenvalue weighted by Crippen LogP contribution is 2.07. The van der Waals surface area contributed by atoms with Crippen LogP contribution in [0, 0.1) is 5.92 Å². The van der Waals surface area contributed by atoms with E-state index in [2.05, 4.69) is 5.32 Å². The van der Waals surface area contributed by atoms with Gasteiger partial charge in [0.1, 0.15) is 0 Å². The molecule has 0 aliphatic heterocycles. The number of hydrogen-bond donors (Lipinski definition) is 4. The van der Waals surface area contributed by atoms with Crippen molar-refractivity contribution in [3.8, 4) is 0 Å². The van der Waals surface area contributed by atoms with Gasteiger partial charge in [-0.15, -0.1) is 0 Å². The van der Waals surface area contributed by atoms with Gasteiger partial charge in [-0.1, -0.05) is 44.2 Å². The van der Waals surface area contributed by atoms with Crippen LogP contribution in [0.15, 0.2) is 30.3 Å². The van der Waals surface area contributed by atoms with E-state index in [1.54, 1.807) is 0 Å². The minimum atomic E-state index is -1.58. The molecule has 0 radical (unpaired) electrons. The summed E-state index contributed by atoms with van der Waals surface area (Å²) in [6.07, 6.45) is 0.907. The molecule has 0 bridgehead atoms. The average molecular weight is 278 g/mol. The number of hydrogen-bond acceptors (Lipinski definition) is 4. The third kappa shape index (κ3) is 5.73. The van der Waals surface area contributed by atoms with Crippen LogP contribution in [0.25, 0.3) is 0 Å². The zero-order valence-electron chi connectivity index (χ0n) is 12.0. The highest BCUT2D eigenvalue weighted by molar-refractivity contribution is 6.43. The number of carbonyl (C=O) groups excluding carboxylic acids is 1. The molecule has 2 atom stereocenters. The lowest BCUT2D eigenvalue weighted by Gasteiger charge is -2.21. The molecule has 5 nitrogen and oxygen atoms in total. The number of benzene rings is 1. The first-order valence-corrected chi connectivity index (χ1v) is 6.86. The van der Waals surface area contributed by atoms with E-state index in [-0.39, 0.29) is 11.8 Å². The summed E-state index contributed by atoms with van der Waals surface area (Å²) in [5.41, 5.74) is 6.83. The summed E-state index contributed by atoms with van der Waals surface area (Å²) in [5, 5.41) is 21.2. The van der Waals surface area contributed by atoms with Crippen LogP contribution in [0.5, 0.6) is 0 Å². The number of carbonyl (C=O) groups is 1. The summed E-state index contributed by atoms with van der Waals surface area (Å²) < 4.78 is 0. The van der Waals surface area contributed by atoms with Crippen LogP contribution in [0.1, 0.15) is 25.8 Å². The standard InChI is InChI=1S/C14H23BN2O3/c1-10(2)8-13(15(19)20)17-14(18)12(16)9-11-6-4-3-5-7-11/h3-7,10,12-13,19-20H,8-9,16H2,1-2H3,(H,17,18)/t12-,13-/m0/s1. The first-order valence-electron chi connectivity index (χ1n) is 6.86. The summed E-state index contributed by atoms with van der Waals surface area (Å²) in [5.74, 6) is -0.815. The molecule has 0 aromatic heterocycles. The Morgan fingerprint density at radius 3 is 2.40 bits per heavy atom. The van der Waals surface area contributed by atoms with Crippen LogP contribution < -0.4 is 11.1 Å². The van der Waals surface area contributed by atoms with Gasteiger partial charge in [-0.05, 0) is 24.3 Å². The molecule has 20 heavy (non-hydrogen) atoms. The number of nitrogens with one attached hydrogen (secondary N) is 1. The minimum absolute atomic E-state index is 0.243. The molecule has 1 aromatic rings. The molecule has 0 fully saturated rings. The fraction of sp³-hybridized carbons (Fsp3) is 0.500. The molecular formula is C14H23BN2O3. The van der Waals surface area contributed by atoms with Crippen molar-refractivity contribution in [2.45, 2.75) is 38.7 Å². The van der Waals surface area contributed by atoms with Gasteiger partial charge in [0.25, 0.3) is 0 Å². The summed E-state index contributed by atoms with van der Waals surface area (Å²) in [7, 11) is -1.58. The quantitative estimate of drug-likeness (QED) is 0.532. The van der Waals surface area contributed by atoms with Gasteiger partial charge in [0, 0.05) is 0 Å². The predicted molar refractivity (Wildman–Crippen MR) is 79.7 cm³/mol. The molecule has 1 rings (SSSR count). The van der Waals surface area contributed by atoms with Gasteiger partial charge in [0.2, 0.25) is 5.91 Å². The second-order valence-corrected chi connectivity index (χ2v) is 5.45. The molecule has 1 amide bonds. The molecule has 6 heteroatoms. The molecule has 0 aliphatic carbocycles. The van der Waals surface area contributed by atoms with E-state index in [1.165, 1.54) is 0 Å². The molecule has 1 aromatic carbocycles. The maximum atomic E-state index is 12.0. The first-order chi connectivity index (χ1) is 9.40. The van der Waals surface area contributed by atoms with Gasteiger partial charge in [-0.2, -0.15) is 0 Å². The first kappa shape index (κ1) is 16.7. The Morgan fingerprint density at radius 1 is 1.30 bits per heavy atom. The topological polar surface area (TPSA) is 95.6 Å². The molecule has 0 saturated carbocycles. The Balaban J connectivity index is 2.55. The lowest BCUT2D eigenvalue weighted by atomic mass is 9.75. The third-order valence-electron chi connectivity index (χ3n) is 3.05. The summed E-state index contributed by atoms with van der Waals surface area (Å²) in [6, 6.07) is 8.78. The van der Waals surface area contributed by atoms with E-state index in [4.69, 9.17) is 5.73 Å². The van der Waals surface area contributed by atoms with Gasteiger partial charge < -0.3 is 21.1 Å². The maximum absolute atomic E-state index is 12.0. The van der Waals surface area contributed by atoms with Crippen LogP contribution in [0.2, 0.25) is 0 Å². The van der Waals surface area contributed by atoms with E-state index in [0.29, 0.717) is 12.8 Å². The van der Waals surface area contributed by atoms with Crippen molar-refractivity contribution in [3.05, 3.63) is 35.9 Å². The van der Waals surface area contributed by atoms with Crippen molar-refractivity contribution >= 4 is 13.0 Å². The van der Waals surface area contributed by atoms with E-state index in [1.807, 2.05) is 44.2 Å². The molecule has 110 valence electrons. The van der Waals surface area contributed by atoms with Gasteiger partial charge in [0.15, 0.2) is 0 Å².